The molecule has 2 nitrogen and oxygen atoms in total. The molecule has 0 aromatic carbocycles. The second-order valence-electron chi connectivity index (χ2n) is 5.59. The van der Waals surface area contributed by atoms with Gasteiger partial charge in [0.1, 0.15) is 0 Å². The lowest BCUT2D eigenvalue weighted by atomic mass is 9.98. The summed E-state index contributed by atoms with van der Waals surface area (Å²) in [4.78, 5) is 7.62. The number of aryl methyl sites for hydroxylation is 2. The number of aromatic nitrogens is 1. The van der Waals surface area contributed by atoms with E-state index in [2.05, 4.69) is 51.4 Å². The van der Waals surface area contributed by atoms with E-state index < -0.39 is 0 Å². The van der Waals surface area contributed by atoms with Gasteiger partial charge in [-0.1, -0.05) is 6.92 Å². The van der Waals surface area contributed by atoms with Gasteiger partial charge in [-0.05, 0) is 71.9 Å². The number of hydrogen-bond donors (Lipinski definition) is 1. The predicted molar refractivity (Wildman–Crippen MR) is 93.0 cm³/mol. The molecule has 1 aliphatic carbocycles. The molecule has 0 radical (unpaired) electrons. The van der Waals surface area contributed by atoms with Crippen LogP contribution in [0.2, 0.25) is 0 Å². The van der Waals surface area contributed by atoms with Gasteiger partial charge < -0.3 is 5.32 Å². The van der Waals surface area contributed by atoms with Crippen LogP contribution in [0.25, 0.3) is 0 Å². The number of hydrogen-bond acceptors (Lipinski definition) is 3. The molecule has 2 aromatic rings. The van der Waals surface area contributed by atoms with Gasteiger partial charge in [0.05, 0.1) is 0 Å². The minimum absolute atomic E-state index is 0.388. The molecular weight excluding hydrogens is 344 g/mol. The Morgan fingerprint density at radius 2 is 2.19 bits per heavy atom. The average Bonchev–Trinajstić information content (AvgIpc) is 2.93. The maximum Gasteiger partial charge on any atom is 0.0470 e. The lowest BCUT2D eigenvalue weighted by molar-refractivity contribution is 0.552. The normalized spacial score (nSPS) is 15.7. The van der Waals surface area contributed by atoms with Crippen molar-refractivity contribution in [1.29, 1.82) is 0 Å². The van der Waals surface area contributed by atoms with Crippen LogP contribution >= 0.6 is 27.3 Å². The molecular formula is C17H21BrN2S. The van der Waals surface area contributed by atoms with Crippen LogP contribution in [0.15, 0.2) is 28.9 Å². The zero-order chi connectivity index (χ0) is 14.7. The number of fused-ring (bicyclic) bond motifs is 1. The first-order valence-electron chi connectivity index (χ1n) is 7.71. The summed E-state index contributed by atoms with van der Waals surface area (Å²) in [6, 6.07) is 7.01. The van der Waals surface area contributed by atoms with Crippen molar-refractivity contribution in [1.82, 2.24) is 10.3 Å². The van der Waals surface area contributed by atoms with Crippen LogP contribution in [0, 0.1) is 0 Å². The topological polar surface area (TPSA) is 24.9 Å². The standard InChI is InChI=1S/C17H21BrN2S/c1-2-19-15(10-14-8-7-13(18)11-20-14)17-9-12-5-3-4-6-16(12)21-17/h7-9,11,15,19H,2-6,10H2,1H3. The number of halogens is 1. The number of thiophene rings is 1. The highest BCUT2D eigenvalue weighted by Gasteiger charge is 2.19. The Kier molecular flexibility index (Phi) is 5.09. The van der Waals surface area contributed by atoms with Gasteiger partial charge >= 0.3 is 0 Å². The van der Waals surface area contributed by atoms with Crippen molar-refractivity contribution in [3.8, 4) is 0 Å². The quantitative estimate of drug-likeness (QED) is 0.832. The summed E-state index contributed by atoms with van der Waals surface area (Å²) < 4.78 is 1.04. The number of nitrogens with one attached hydrogen (secondary N) is 1. The Morgan fingerprint density at radius 3 is 2.90 bits per heavy atom. The van der Waals surface area contributed by atoms with E-state index in [9.17, 15) is 0 Å². The van der Waals surface area contributed by atoms with Gasteiger partial charge in [-0.15, -0.1) is 11.3 Å². The smallest absolute Gasteiger partial charge is 0.0470 e. The summed E-state index contributed by atoms with van der Waals surface area (Å²) >= 11 is 5.46. The van der Waals surface area contributed by atoms with Gasteiger partial charge in [-0.2, -0.15) is 0 Å². The number of pyridine rings is 1. The molecule has 2 heterocycles. The summed E-state index contributed by atoms with van der Waals surface area (Å²) in [5.41, 5.74) is 2.74. The Bertz CT molecular complexity index is 568. The molecule has 2 aromatic heterocycles. The fourth-order valence-corrected chi connectivity index (χ4v) is 4.51. The third-order valence-corrected chi connectivity index (χ3v) is 5.83. The second kappa shape index (κ2) is 7.03. The Balaban J connectivity index is 1.80. The molecule has 4 heteroatoms. The largest absolute Gasteiger partial charge is 0.309 e. The minimum atomic E-state index is 0.388. The molecule has 1 N–H and O–H groups in total. The van der Waals surface area contributed by atoms with Crippen LogP contribution in [0.3, 0.4) is 0 Å². The van der Waals surface area contributed by atoms with E-state index >= 15 is 0 Å². The van der Waals surface area contributed by atoms with Crippen molar-refractivity contribution in [2.24, 2.45) is 0 Å². The zero-order valence-corrected chi connectivity index (χ0v) is 14.8. The predicted octanol–water partition coefficient (Wildman–Crippen LogP) is 4.68. The first kappa shape index (κ1) is 15.2. The zero-order valence-electron chi connectivity index (χ0n) is 12.4. The average molecular weight is 365 g/mol. The molecule has 3 rings (SSSR count). The molecule has 0 saturated carbocycles. The van der Waals surface area contributed by atoms with Crippen molar-refractivity contribution in [3.05, 3.63) is 49.9 Å². The van der Waals surface area contributed by atoms with Crippen LogP contribution in [0.5, 0.6) is 0 Å². The Morgan fingerprint density at radius 1 is 1.33 bits per heavy atom. The van der Waals surface area contributed by atoms with Gasteiger partial charge in [0.15, 0.2) is 0 Å². The highest BCUT2D eigenvalue weighted by atomic mass is 79.9. The number of rotatable bonds is 5. The van der Waals surface area contributed by atoms with Crippen LogP contribution in [-0.4, -0.2) is 11.5 Å². The van der Waals surface area contributed by atoms with E-state index in [1.165, 1.54) is 30.6 Å². The van der Waals surface area contributed by atoms with Gasteiger partial charge in [0, 0.05) is 38.6 Å². The third-order valence-electron chi connectivity index (χ3n) is 4.01. The maximum atomic E-state index is 4.53. The van der Waals surface area contributed by atoms with Crippen LogP contribution in [0.1, 0.15) is 46.8 Å². The molecule has 21 heavy (non-hydrogen) atoms. The fraction of sp³-hybridized carbons (Fsp3) is 0.471. The summed E-state index contributed by atoms with van der Waals surface area (Å²) in [5.74, 6) is 0. The van der Waals surface area contributed by atoms with Gasteiger partial charge in [0.25, 0.3) is 0 Å². The van der Waals surface area contributed by atoms with Crippen molar-refractivity contribution in [3.63, 3.8) is 0 Å². The van der Waals surface area contributed by atoms with Crippen LogP contribution in [-0.2, 0) is 19.3 Å². The third kappa shape index (κ3) is 3.74. The van der Waals surface area contributed by atoms with E-state index in [4.69, 9.17) is 0 Å². The van der Waals surface area contributed by atoms with Gasteiger partial charge in [-0.25, -0.2) is 0 Å². The van der Waals surface area contributed by atoms with E-state index in [0.29, 0.717) is 6.04 Å². The highest BCUT2D eigenvalue weighted by Crippen LogP contribution is 2.34. The van der Waals surface area contributed by atoms with E-state index in [0.717, 1.165) is 23.1 Å². The van der Waals surface area contributed by atoms with E-state index in [-0.39, 0.29) is 0 Å². The molecule has 1 aliphatic rings. The van der Waals surface area contributed by atoms with E-state index in [1.807, 2.05) is 17.5 Å². The summed E-state index contributed by atoms with van der Waals surface area (Å²) in [5, 5.41) is 3.63. The molecule has 0 saturated heterocycles. The molecule has 0 amide bonds. The monoisotopic (exact) mass is 364 g/mol. The molecule has 1 atom stereocenters. The highest BCUT2D eigenvalue weighted by molar-refractivity contribution is 9.10. The molecule has 0 aliphatic heterocycles. The van der Waals surface area contributed by atoms with Crippen molar-refractivity contribution in [2.45, 2.75) is 45.1 Å². The Hall–Kier alpha value is -0.710. The van der Waals surface area contributed by atoms with Crippen molar-refractivity contribution in [2.75, 3.05) is 6.54 Å². The molecule has 112 valence electrons. The van der Waals surface area contributed by atoms with E-state index in [1.54, 1.807) is 10.4 Å². The van der Waals surface area contributed by atoms with Gasteiger partial charge in [-0.3, -0.25) is 4.98 Å². The molecule has 0 fully saturated rings. The summed E-state index contributed by atoms with van der Waals surface area (Å²) in [6.45, 7) is 3.17. The second-order valence-corrected chi connectivity index (χ2v) is 7.67. The molecule has 0 bridgehead atoms. The summed E-state index contributed by atoms with van der Waals surface area (Å²) in [6.07, 6.45) is 8.09. The van der Waals surface area contributed by atoms with Crippen molar-refractivity contribution < 1.29 is 0 Å². The minimum Gasteiger partial charge on any atom is -0.309 e. The molecule has 0 spiro atoms. The van der Waals surface area contributed by atoms with Crippen molar-refractivity contribution >= 4 is 27.3 Å². The summed E-state index contributed by atoms with van der Waals surface area (Å²) in [7, 11) is 0. The SMILES string of the molecule is CCNC(Cc1ccc(Br)cn1)c1cc2c(s1)CCCC2. The number of nitrogens with zero attached hydrogens (tertiary/aromatic N) is 1. The maximum absolute atomic E-state index is 4.53. The lowest BCUT2D eigenvalue weighted by Crippen LogP contribution is -2.22. The van der Waals surface area contributed by atoms with Crippen LogP contribution < -0.4 is 5.32 Å². The lowest BCUT2D eigenvalue weighted by Gasteiger charge is -2.16. The molecule has 1 unspecified atom stereocenters. The number of likely N-dealkylation sites (N-methyl/N-ethyl adjacent to an activating group) is 1. The first-order chi connectivity index (χ1) is 10.3. The van der Waals surface area contributed by atoms with Gasteiger partial charge in [0.2, 0.25) is 0 Å². The van der Waals surface area contributed by atoms with Crippen LogP contribution in [0.4, 0.5) is 0 Å². The Labute approximate surface area is 139 Å². The first-order valence-corrected chi connectivity index (χ1v) is 9.32. The fourth-order valence-electron chi connectivity index (χ4n) is 2.94.